The van der Waals surface area contributed by atoms with E-state index in [1.807, 2.05) is 13.1 Å². The molecule has 0 atom stereocenters. The van der Waals surface area contributed by atoms with E-state index >= 15 is 0 Å². The predicted molar refractivity (Wildman–Crippen MR) is 92.7 cm³/mol. The molecule has 0 radical (unpaired) electrons. The van der Waals surface area contributed by atoms with Crippen molar-refractivity contribution in [2.24, 2.45) is 5.73 Å². The van der Waals surface area contributed by atoms with Gasteiger partial charge in [-0.1, -0.05) is 0 Å². The van der Waals surface area contributed by atoms with Gasteiger partial charge in [0.15, 0.2) is 0 Å². The minimum atomic E-state index is 0. The number of likely N-dealkylation sites (N-methyl/N-ethyl adjacent to an activating group) is 2. The average Bonchev–Trinajstić information content (AvgIpc) is 2.31. The summed E-state index contributed by atoms with van der Waals surface area (Å²) in [4.78, 5) is 12.9. The van der Waals surface area contributed by atoms with E-state index in [1.165, 1.54) is 0 Å². The van der Waals surface area contributed by atoms with Crippen molar-refractivity contribution < 1.29 is 0 Å². The van der Waals surface area contributed by atoms with Crippen molar-refractivity contribution in [2.75, 3.05) is 44.9 Å². The highest BCUT2D eigenvalue weighted by Crippen LogP contribution is 2.35. The fourth-order valence-corrected chi connectivity index (χ4v) is 2.24. The van der Waals surface area contributed by atoms with Crippen LogP contribution in [0.1, 0.15) is 24.5 Å². The van der Waals surface area contributed by atoms with Crippen LogP contribution in [-0.4, -0.2) is 55.1 Å². The summed E-state index contributed by atoms with van der Waals surface area (Å²) in [6.07, 6.45) is 1.99. The normalized spacial score (nSPS) is 20.2. The summed E-state index contributed by atoms with van der Waals surface area (Å²) < 4.78 is 0. The van der Waals surface area contributed by atoms with Gasteiger partial charge < -0.3 is 21.3 Å². The predicted octanol–water partition coefficient (Wildman–Crippen LogP) is 1.10. The quantitative estimate of drug-likeness (QED) is 0.837. The Morgan fingerprint density at radius 1 is 1.14 bits per heavy atom. The van der Waals surface area contributed by atoms with E-state index in [0.29, 0.717) is 17.9 Å². The van der Waals surface area contributed by atoms with Gasteiger partial charge in [0.1, 0.15) is 5.82 Å². The highest BCUT2D eigenvalue weighted by molar-refractivity contribution is 5.85. The van der Waals surface area contributed by atoms with Crippen molar-refractivity contribution in [3.8, 4) is 0 Å². The molecule has 8 heteroatoms. The molecule has 1 aromatic rings. The van der Waals surface area contributed by atoms with Crippen LogP contribution in [0.25, 0.3) is 0 Å². The average molecular weight is 337 g/mol. The van der Waals surface area contributed by atoms with E-state index in [2.05, 4.69) is 33.9 Å². The lowest BCUT2D eigenvalue weighted by molar-refractivity contribution is 0.345. The minimum absolute atomic E-state index is 0. The van der Waals surface area contributed by atoms with Crippen molar-refractivity contribution in [1.29, 1.82) is 0 Å². The summed E-state index contributed by atoms with van der Waals surface area (Å²) in [5.74, 6) is 1.69. The molecule has 0 aromatic carbocycles. The molecule has 1 aromatic heterocycles. The fourth-order valence-electron chi connectivity index (χ4n) is 2.24. The zero-order valence-electron chi connectivity index (χ0n) is 12.8. The standard InChI is InChI=1S/C13H24N6.2ClH/c1-18(2)4-5-19(3)12-8-11(16-13(15)17-12)9-6-10(14)7-9;;/h8-10H,4-7,14H2,1-3H3,(H2,15,16,17);2*1H. The molecular formula is C13H26Cl2N6. The molecule has 4 N–H and O–H groups in total. The number of anilines is 2. The van der Waals surface area contributed by atoms with E-state index in [-0.39, 0.29) is 24.8 Å². The van der Waals surface area contributed by atoms with Crippen LogP contribution >= 0.6 is 24.8 Å². The summed E-state index contributed by atoms with van der Waals surface area (Å²) in [5.41, 5.74) is 12.7. The van der Waals surface area contributed by atoms with Crippen LogP contribution in [0.3, 0.4) is 0 Å². The zero-order chi connectivity index (χ0) is 14.0. The van der Waals surface area contributed by atoms with Gasteiger partial charge in [-0.15, -0.1) is 24.8 Å². The maximum Gasteiger partial charge on any atom is 0.222 e. The third kappa shape index (κ3) is 5.47. The third-order valence-corrected chi connectivity index (χ3v) is 3.62. The summed E-state index contributed by atoms with van der Waals surface area (Å²) >= 11 is 0. The number of nitrogen functional groups attached to an aromatic ring is 1. The second-order valence-corrected chi connectivity index (χ2v) is 5.66. The Morgan fingerprint density at radius 2 is 1.76 bits per heavy atom. The van der Waals surface area contributed by atoms with Gasteiger partial charge in [-0.05, 0) is 26.9 Å². The Kier molecular flexibility index (Phi) is 8.25. The highest BCUT2D eigenvalue weighted by Gasteiger charge is 2.29. The Morgan fingerprint density at radius 3 is 2.29 bits per heavy atom. The SMILES string of the molecule is CN(C)CCN(C)c1cc(C2CC(N)C2)nc(N)n1.Cl.Cl. The van der Waals surface area contributed by atoms with E-state index in [1.54, 1.807) is 0 Å². The van der Waals surface area contributed by atoms with E-state index in [4.69, 9.17) is 11.5 Å². The molecule has 6 nitrogen and oxygen atoms in total. The topological polar surface area (TPSA) is 84.3 Å². The zero-order valence-corrected chi connectivity index (χ0v) is 14.5. The van der Waals surface area contributed by atoms with E-state index < -0.39 is 0 Å². The molecule has 1 fully saturated rings. The molecule has 0 saturated heterocycles. The number of rotatable bonds is 5. The first kappa shape index (κ1) is 20.2. The summed E-state index contributed by atoms with van der Waals surface area (Å²) in [6.45, 7) is 1.89. The van der Waals surface area contributed by atoms with E-state index in [0.717, 1.165) is 37.4 Å². The van der Waals surface area contributed by atoms with Crippen LogP contribution in [0.15, 0.2) is 6.07 Å². The maximum absolute atomic E-state index is 5.83. The van der Waals surface area contributed by atoms with Gasteiger partial charge in [-0.25, -0.2) is 4.98 Å². The molecule has 21 heavy (non-hydrogen) atoms. The first-order chi connectivity index (χ1) is 8.95. The van der Waals surface area contributed by atoms with Crippen molar-refractivity contribution in [2.45, 2.75) is 24.8 Å². The van der Waals surface area contributed by atoms with Crippen LogP contribution < -0.4 is 16.4 Å². The smallest absolute Gasteiger partial charge is 0.222 e. The Balaban J connectivity index is 0.00000200. The van der Waals surface area contributed by atoms with E-state index in [9.17, 15) is 0 Å². The first-order valence-electron chi connectivity index (χ1n) is 6.71. The summed E-state index contributed by atoms with van der Waals surface area (Å²) in [5, 5.41) is 0. The lowest BCUT2D eigenvalue weighted by Gasteiger charge is -2.32. The number of hydrogen-bond donors (Lipinski definition) is 2. The largest absolute Gasteiger partial charge is 0.368 e. The van der Waals surface area contributed by atoms with Crippen LogP contribution in [0.2, 0.25) is 0 Å². The molecule has 2 rings (SSSR count). The molecule has 0 aliphatic heterocycles. The number of nitrogens with zero attached hydrogens (tertiary/aromatic N) is 4. The maximum atomic E-state index is 5.83. The van der Waals surface area contributed by atoms with Gasteiger partial charge in [0.25, 0.3) is 0 Å². The summed E-state index contributed by atoms with van der Waals surface area (Å²) in [6, 6.07) is 2.36. The van der Waals surface area contributed by atoms with Crippen LogP contribution in [0.5, 0.6) is 0 Å². The van der Waals surface area contributed by atoms with Crippen LogP contribution in [0, 0.1) is 0 Å². The Hall–Kier alpha value is -0.820. The van der Waals surface area contributed by atoms with Gasteiger partial charge in [0.2, 0.25) is 5.95 Å². The number of nitrogens with two attached hydrogens (primary N) is 2. The highest BCUT2D eigenvalue weighted by atomic mass is 35.5. The van der Waals surface area contributed by atoms with Crippen molar-refractivity contribution >= 4 is 36.6 Å². The summed E-state index contributed by atoms with van der Waals surface area (Å²) in [7, 11) is 6.15. The molecule has 1 aliphatic carbocycles. The molecule has 1 aliphatic rings. The van der Waals surface area contributed by atoms with Crippen molar-refractivity contribution in [3.63, 3.8) is 0 Å². The molecular weight excluding hydrogens is 311 g/mol. The monoisotopic (exact) mass is 336 g/mol. The number of hydrogen-bond acceptors (Lipinski definition) is 6. The lowest BCUT2D eigenvalue weighted by atomic mass is 9.78. The minimum Gasteiger partial charge on any atom is -0.368 e. The Labute approximate surface area is 139 Å². The molecule has 0 spiro atoms. The lowest BCUT2D eigenvalue weighted by Crippen LogP contribution is -2.35. The molecule has 1 saturated carbocycles. The van der Waals surface area contributed by atoms with Crippen LogP contribution in [0.4, 0.5) is 11.8 Å². The van der Waals surface area contributed by atoms with Gasteiger partial charge in [0.05, 0.1) is 5.69 Å². The molecule has 0 unspecified atom stereocenters. The molecule has 0 bridgehead atoms. The van der Waals surface area contributed by atoms with Gasteiger partial charge in [-0.2, -0.15) is 4.98 Å². The molecule has 1 heterocycles. The number of halogens is 2. The first-order valence-corrected chi connectivity index (χ1v) is 6.71. The Bertz CT molecular complexity index is 437. The van der Waals surface area contributed by atoms with Crippen molar-refractivity contribution in [1.82, 2.24) is 14.9 Å². The van der Waals surface area contributed by atoms with Gasteiger partial charge in [-0.3, -0.25) is 0 Å². The van der Waals surface area contributed by atoms with Crippen LogP contribution in [-0.2, 0) is 0 Å². The van der Waals surface area contributed by atoms with Gasteiger partial charge >= 0.3 is 0 Å². The van der Waals surface area contributed by atoms with Crippen molar-refractivity contribution in [3.05, 3.63) is 11.8 Å². The second-order valence-electron chi connectivity index (χ2n) is 5.66. The molecule has 122 valence electrons. The second kappa shape index (κ2) is 8.58. The molecule has 0 amide bonds. The third-order valence-electron chi connectivity index (χ3n) is 3.62. The fraction of sp³-hybridized carbons (Fsp3) is 0.692. The number of aromatic nitrogens is 2. The van der Waals surface area contributed by atoms with Gasteiger partial charge in [0, 0.05) is 38.2 Å².